The van der Waals surface area contributed by atoms with E-state index in [0.717, 1.165) is 25.7 Å². The molecule has 2 fully saturated rings. The molecule has 118 valence electrons. The van der Waals surface area contributed by atoms with E-state index in [0.29, 0.717) is 13.1 Å². The van der Waals surface area contributed by atoms with Crippen molar-refractivity contribution in [2.24, 2.45) is 11.8 Å². The second-order valence-corrected chi connectivity index (χ2v) is 7.58. The molecule has 1 aliphatic heterocycles. The minimum Gasteiger partial charge on any atom is -0.341 e. The summed E-state index contributed by atoms with van der Waals surface area (Å²) in [5.41, 5.74) is 0. The number of amides is 2. The molecule has 0 bridgehead atoms. The Morgan fingerprint density at radius 3 is 2.33 bits per heavy atom. The maximum atomic E-state index is 12.2. The highest BCUT2D eigenvalue weighted by atomic mass is 32.2. The molecule has 21 heavy (non-hydrogen) atoms. The Morgan fingerprint density at radius 2 is 1.76 bits per heavy atom. The summed E-state index contributed by atoms with van der Waals surface area (Å²) in [5.74, 6) is -1.02. The number of sulfonamides is 1. The molecule has 1 aliphatic carbocycles. The standard InChI is InChI=1S/C14H22N2O4S/c1-2-8-21(19,20)15-13(17)12-9-16(10-12)14(18)11-6-4-3-5-7-11/h2,11-12H,1,3-10H2,(H,15,17). The van der Waals surface area contributed by atoms with Crippen molar-refractivity contribution in [1.82, 2.24) is 9.62 Å². The minimum atomic E-state index is -3.63. The van der Waals surface area contributed by atoms with E-state index in [1.54, 1.807) is 4.90 Å². The van der Waals surface area contributed by atoms with Crippen LogP contribution in [-0.2, 0) is 19.6 Å². The van der Waals surface area contributed by atoms with Gasteiger partial charge in [0.25, 0.3) is 0 Å². The van der Waals surface area contributed by atoms with Gasteiger partial charge >= 0.3 is 0 Å². The smallest absolute Gasteiger partial charge is 0.240 e. The van der Waals surface area contributed by atoms with E-state index in [1.165, 1.54) is 12.5 Å². The minimum absolute atomic E-state index is 0.0901. The van der Waals surface area contributed by atoms with Crippen molar-refractivity contribution in [3.05, 3.63) is 12.7 Å². The summed E-state index contributed by atoms with van der Waals surface area (Å²) in [6.45, 7) is 3.98. The van der Waals surface area contributed by atoms with Crippen LogP contribution >= 0.6 is 0 Å². The number of nitrogens with one attached hydrogen (secondary N) is 1. The predicted octanol–water partition coefficient (Wildman–Crippen LogP) is 0.657. The Hall–Kier alpha value is -1.37. The van der Waals surface area contributed by atoms with Gasteiger partial charge in [-0.2, -0.15) is 0 Å². The van der Waals surface area contributed by atoms with Crippen LogP contribution in [0, 0.1) is 11.8 Å². The van der Waals surface area contributed by atoms with Crippen LogP contribution in [0.25, 0.3) is 0 Å². The molecule has 1 saturated carbocycles. The van der Waals surface area contributed by atoms with Gasteiger partial charge < -0.3 is 4.90 Å². The molecular weight excluding hydrogens is 292 g/mol. The Morgan fingerprint density at radius 1 is 1.14 bits per heavy atom. The third kappa shape index (κ3) is 4.06. The van der Waals surface area contributed by atoms with E-state index in [-0.39, 0.29) is 17.6 Å². The van der Waals surface area contributed by atoms with Crippen molar-refractivity contribution in [2.75, 3.05) is 18.8 Å². The molecule has 0 atom stereocenters. The van der Waals surface area contributed by atoms with Gasteiger partial charge in [-0.25, -0.2) is 8.42 Å². The number of carbonyl (C=O) groups excluding carboxylic acids is 2. The Labute approximate surface area is 125 Å². The first-order valence-electron chi connectivity index (χ1n) is 7.37. The van der Waals surface area contributed by atoms with Crippen LogP contribution in [0.15, 0.2) is 12.7 Å². The van der Waals surface area contributed by atoms with Gasteiger partial charge in [0.2, 0.25) is 21.8 Å². The first-order valence-corrected chi connectivity index (χ1v) is 9.02. The van der Waals surface area contributed by atoms with Crippen molar-refractivity contribution in [2.45, 2.75) is 32.1 Å². The summed E-state index contributed by atoms with van der Waals surface area (Å²) in [6.07, 6.45) is 6.47. The zero-order valence-electron chi connectivity index (χ0n) is 12.1. The first kappa shape index (κ1) is 16.0. The molecule has 2 rings (SSSR count). The van der Waals surface area contributed by atoms with Crippen LogP contribution in [0.1, 0.15) is 32.1 Å². The van der Waals surface area contributed by atoms with Gasteiger partial charge in [-0.1, -0.05) is 25.3 Å². The van der Waals surface area contributed by atoms with Crippen LogP contribution < -0.4 is 4.72 Å². The molecule has 6 nitrogen and oxygen atoms in total. The lowest BCUT2D eigenvalue weighted by molar-refractivity contribution is -0.146. The molecule has 0 aromatic heterocycles. The largest absolute Gasteiger partial charge is 0.341 e. The summed E-state index contributed by atoms with van der Waals surface area (Å²) in [7, 11) is -3.63. The van der Waals surface area contributed by atoms with Crippen LogP contribution in [0.2, 0.25) is 0 Å². The van der Waals surface area contributed by atoms with Crippen LogP contribution in [0.4, 0.5) is 0 Å². The number of carbonyl (C=O) groups is 2. The van der Waals surface area contributed by atoms with Gasteiger partial charge in [0.05, 0.1) is 11.7 Å². The average molecular weight is 314 g/mol. The second-order valence-electron chi connectivity index (χ2n) is 5.81. The van der Waals surface area contributed by atoms with Gasteiger partial charge in [0, 0.05) is 19.0 Å². The molecular formula is C14H22N2O4S. The van der Waals surface area contributed by atoms with Gasteiger partial charge in [-0.3, -0.25) is 14.3 Å². The highest BCUT2D eigenvalue weighted by molar-refractivity contribution is 7.90. The first-order chi connectivity index (χ1) is 9.93. The number of rotatable bonds is 5. The Kier molecular flexibility index (Phi) is 5.03. The molecule has 2 amide bonds. The van der Waals surface area contributed by atoms with Crippen molar-refractivity contribution in [3.63, 3.8) is 0 Å². The SMILES string of the molecule is C=CCS(=O)(=O)NC(=O)C1CN(C(=O)C2CCCCC2)C1. The van der Waals surface area contributed by atoms with E-state index in [9.17, 15) is 18.0 Å². The van der Waals surface area contributed by atoms with E-state index in [4.69, 9.17) is 0 Å². The van der Waals surface area contributed by atoms with E-state index < -0.39 is 21.8 Å². The second kappa shape index (κ2) is 6.60. The summed E-state index contributed by atoms with van der Waals surface area (Å²) < 4.78 is 25.0. The third-order valence-corrected chi connectivity index (χ3v) is 5.30. The van der Waals surface area contributed by atoms with Crippen molar-refractivity contribution >= 4 is 21.8 Å². The zero-order chi connectivity index (χ0) is 15.5. The molecule has 7 heteroatoms. The van der Waals surface area contributed by atoms with Crippen molar-refractivity contribution in [3.8, 4) is 0 Å². The topological polar surface area (TPSA) is 83.6 Å². The van der Waals surface area contributed by atoms with Crippen LogP contribution in [-0.4, -0.2) is 44.0 Å². The summed E-state index contributed by atoms with van der Waals surface area (Å²) in [6, 6.07) is 0. The lowest BCUT2D eigenvalue weighted by Gasteiger charge is -2.40. The molecule has 0 aromatic rings. The van der Waals surface area contributed by atoms with Gasteiger partial charge in [0.15, 0.2) is 0 Å². The highest BCUT2D eigenvalue weighted by Gasteiger charge is 2.39. The summed E-state index contributed by atoms with van der Waals surface area (Å²) in [5, 5.41) is 0. The maximum absolute atomic E-state index is 12.2. The van der Waals surface area contributed by atoms with Crippen LogP contribution in [0.3, 0.4) is 0 Å². The normalized spacial score (nSPS) is 20.7. The number of hydrogen-bond donors (Lipinski definition) is 1. The van der Waals surface area contributed by atoms with Crippen molar-refractivity contribution < 1.29 is 18.0 Å². The monoisotopic (exact) mass is 314 g/mol. The molecule has 1 saturated heterocycles. The number of nitrogens with zero attached hydrogens (tertiary/aromatic N) is 1. The van der Waals surface area contributed by atoms with Gasteiger partial charge in [-0.05, 0) is 12.8 Å². The van der Waals surface area contributed by atoms with Crippen molar-refractivity contribution in [1.29, 1.82) is 0 Å². The fraction of sp³-hybridized carbons (Fsp3) is 0.714. The molecule has 2 aliphatic rings. The average Bonchev–Trinajstić information content (AvgIpc) is 2.37. The maximum Gasteiger partial charge on any atom is 0.240 e. The molecule has 1 heterocycles. The molecule has 0 radical (unpaired) electrons. The fourth-order valence-electron chi connectivity index (χ4n) is 2.87. The lowest BCUT2D eigenvalue weighted by atomic mass is 9.86. The highest BCUT2D eigenvalue weighted by Crippen LogP contribution is 2.28. The predicted molar refractivity (Wildman–Crippen MR) is 78.8 cm³/mol. The number of hydrogen-bond acceptors (Lipinski definition) is 4. The van der Waals surface area contributed by atoms with E-state index in [1.807, 2.05) is 4.72 Å². The van der Waals surface area contributed by atoms with Crippen LogP contribution in [0.5, 0.6) is 0 Å². The zero-order valence-corrected chi connectivity index (χ0v) is 12.9. The van der Waals surface area contributed by atoms with E-state index >= 15 is 0 Å². The third-order valence-electron chi connectivity index (χ3n) is 4.11. The van der Waals surface area contributed by atoms with Gasteiger partial charge in [-0.15, -0.1) is 6.58 Å². The molecule has 0 spiro atoms. The van der Waals surface area contributed by atoms with E-state index in [2.05, 4.69) is 6.58 Å². The number of likely N-dealkylation sites (tertiary alicyclic amines) is 1. The quantitative estimate of drug-likeness (QED) is 0.756. The summed E-state index contributed by atoms with van der Waals surface area (Å²) >= 11 is 0. The Bertz CT molecular complexity index is 517. The molecule has 0 aromatic carbocycles. The molecule has 0 unspecified atom stereocenters. The van der Waals surface area contributed by atoms with Gasteiger partial charge in [0.1, 0.15) is 0 Å². The Balaban J connectivity index is 1.79. The summed E-state index contributed by atoms with van der Waals surface area (Å²) in [4.78, 5) is 25.7. The molecule has 1 N–H and O–H groups in total. The lowest BCUT2D eigenvalue weighted by Crippen LogP contribution is -2.57. The fourth-order valence-corrected chi connectivity index (χ4v) is 3.73.